The van der Waals surface area contributed by atoms with Crippen LogP contribution in [0.2, 0.25) is 0 Å². The van der Waals surface area contributed by atoms with E-state index in [0.717, 1.165) is 30.5 Å². The highest BCUT2D eigenvalue weighted by Gasteiger charge is 2.44. The number of anilines is 1. The fraction of sp³-hybridized carbons (Fsp3) is 0.316. The van der Waals surface area contributed by atoms with E-state index < -0.39 is 17.7 Å². The van der Waals surface area contributed by atoms with E-state index in [1.165, 1.54) is 6.07 Å². The number of urea groups is 1. The van der Waals surface area contributed by atoms with E-state index in [4.69, 9.17) is 9.47 Å². The maximum atomic E-state index is 13.6. The van der Waals surface area contributed by atoms with Crippen LogP contribution in [-0.2, 0) is 5.41 Å². The Morgan fingerprint density at radius 1 is 1.08 bits per heavy atom. The van der Waals surface area contributed by atoms with Crippen molar-refractivity contribution < 1.29 is 23.0 Å². The van der Waals surface area contributed by atoms with Gasteiger partial charge in [-0.15, -0.1) is 0 Å². The molecular formula is C19H20F2N2O3. The molecule has 0 unspecified atom stereocenters. The number of methoxy groups -OCH3 is 2. The van der Waals surface area contributed by atoms with Crippen LogP contribution in [0.25, 0.3) is 0 Å². The molecule has 26 heavy (non-hydrogen) atoms. The maximum Gasteiger partial charge on any atom is 0.319 e. The molecule has 0 heterocycles. The van der Waals surface area contributed by atoms with Crippen LogP contribution < -0.4 is 20.1 Å². The first-order valence-electron chi connectivity index (χ1n) is 8.20. The van der Waals surface area contributed by atoms with Gasteiger partial charge in [0.05, 0.1) is 19.9 Å². The largest absolute Gasteiger partial charge is 0.493 e. The molecule has 0 atom stereocenters. The average molecular weight is 362 g/mol. The first kappa shape index (κ1) is 18.0. The van der Waals surface area contributed by atoms with E-state index >= 15 is 0 Å². The zero-order chi connectivity index (χ0) is 18.7. The fourth-order valence-corrected chi connectivity index (χ4v) is 2.89. The predicted octanol–water partition coefficient (Wildman–Crippen LogP) is 3.84. The summed E-state index contributed by atoms with van der Waals surface area (Å²) in [6.07, 6.45) is 1.85. The molecule has 1 saturated carbocycles. The van der Waals surface area contributed by atoms with Crippen molar-refractivity contribution in [1.29, 1.82) is 0 Å². The standard InChI is InChI=1S/C19H20F2N2O3/c1-25-16-6-3-12(9-17(16)26-2)19(7-8-19)11-22-18(24)23-15-5-4-13(20)10-14(15)21/h3-6,9-10H,7-8,11H2,1-2H3,(H2,22,23,24). The molecule has 138 valence electrons. The van der Waals surface area contributed by atoms with E-state index in [9.17, 15) is 13.6 Å². The Hall–Kier alpha value is -2.83. The molecule has 7 heteroatoms. The molecule has 0 spiro atoms. The molecule has 1 fully saturated rings. The van der Waals surface area contributed by atoms with Crippen molar-refractivity contribution in [3.8, 4) is 11.5 Å². The van der Waals surface area contributed by atoms with Gasteiger partial charge in [-0.2, -0.15) is 0 Å². The summed E-state index contributed by atoms with van der Waals surface area (Å²) >= 11 is 0. The summed E-state index contributed by atoms with van der Waals surface area (Å²) in [7, 11) is 3.15. The van der Waals surface area contributed by atoms with Crippen molar-refractivity contribution in [3.05, 3.63) is 53.6 Å². The Labute approximate surface area is 150 Å². The molecule has 0 aliphatic heterocycles. The van der Waals surface area contributed by atoms with Crippen LogP contribution in [0.15, 0.2) is 36.4 Å². The molecular weight excluding hydrogens is 342 g/mol. The molecule has 2 N–H and O–H groups in total. The summed E-state index contributed by atoms with van der Waals surface area (Å²) in [5.74, 6) is -0.237. The van der Waals surface area contributed by atoms with Gasteiger partial charge < -0.3 is 20.1 Å². The van der Waals surface area contributed by atoms with Gasteiger partial charge in [0, 0.05) is 18.0 Å². The summed E-state index contributed by atoms with van der Waals surface area (Å²) in [4.78, 5) is 12.1. The number of benzene rings is 2. The van der Waals surface area contributed by atoms with Gasteiger partial charge in [-0.25, -0.2) is 13.6 Å². The van der Waals surface area contributed by atoms with E-state index in [1.54, 1.807) is 14.2 Å². The third-order valence-corrected chi connectivity index (χ3v) is 4.62. The summed E-state index contributed by atoms with van der Waals surface area (Å²) in [5, 5.41) is 5.15. The number of carbonyl (C=O) groups excluding carboxylic acids is 1. The van der Waals surface area contributed by atoms with Crippen LogP contribution in [0.4, 0.5) is 19.3 Å². The lowest BCUT2D eigenvalue weighted by Gasteiger charge is -2.19. The van der Waals surface area contributed by atoms with Crippen LogP contribution >= 0.6 is 0 Å². The summed E-state index contributed by atoms with van der Waals surface area (Å²) in [6.45, 7) is 0.400. The smallest absolute Gasteiger partial charge is 0.319 e. The van der Waals surface area contributed by atoms with Gasteiger partial charge in [0.1, 0.15) is 11.6 Å². The first-order chi connectivity index (χ1) is 12.5. The van der Waals surface area contributed by atoms with Gasteiger partial charge in [-0.1, -0.05) is 6.07 Å². The van der Waals surface area contributed by atoms with Gasteiger partial charge in [0.15, 0.2) is 11.5 Å². The number of rotatable bonds is 6. The number of nitrogens with one attached hydrogen (secondary N) is 2. The van der Waals surface area contributed by atoms with Crippen LogP contribution in [0.1, 0.15) is 18.4 Å². The Bertz CT molecular complexity index is 822. The number of ether oxygens (including phenoxy) is 2. The zero-order valence-corrected chi connectivity index (χ0v) is 14.6. The molecule has 1 aliphatic rings. The Morgan fingerprint density at radius 2 is 1.81 bits per heavy atom. The number of hydrogen-bond donors (Lipinski definition) is 2. The second-order valence-corrected chi connectivity index (χ2v) is 6.28. The molecule has 0 bridgehead atoms. The van der Waals surface area contributed by atoms with Crippen LogP contribution in [0.3, 0.4) is 0 Å². The monoisotopic (exact) mass is 362 g/mol. The molecule has 2 amide bonds. The minimum atomic E-state index is -0.818. The van der Waals surface area contributed by atoms with E-state index in [0.29, 0.717) is 18.0 Å². The second kappa shape index (κ2) is 7.19. The lowest BCUT2D eigenvalue weighted by molar-refractivity contribution is 0.251. The highest BCUT2D eigenvalue weighted by molar-refractivity contribution is 5.89. The molecule has 0 radical (unpaired) electrons. The van der Waals surface area contributed by atoms with Crippen LogP contribution in [0, 0.1) is 11.6 Å². The van der Waals surface area contributed by atoms with Crippen LogP contribution in [-0.4, -0.2) is 26.8 Å². The van der Waals surface area contributed by atoms with E-state index in [2.05, 4.69) is 10.6 Å². The van der Waals surface area contributed by atoms with Gasteiger partial charge in [-0.05, 0) is 42.7 Å². The van der Waals surface area contributed by atoms with Crippen molar-refractivity contribution in [2.75, 3.05) is 26.1 Å². The van der Waals surface area contributed by atoms with Crippen molar-refractivity contribution in [2.24, 2.45) is 0 Å². The van der Waals surface area contributed by atoms with Gasteiger partial charge in [0.25, 0.3) is 0 Å². The first-order valence-corrected chi connectivity index (χ1v) is 8.20. The average Bonchev–Trinajstić information content (AvgIpc) is 3.43. The van der Waals surface area contributed by atoms with Crippen LogP contribution in [0.5, 0.6) is 11.5 Å². The number of amides is 2. The topological polar surface area (TPSA) is 59.6 Å². The SMILES string of the molecule is COc1ccc(C2(CNC(=O)Nc3ccc(F)cc3F)CC2)cc1OC. The Morgan fingerprint density at radius 3 is 2.42 bits per heavy atom. The lowest BCUT2D eigenvalue weighted by atomic mass is 9.95. The van der Waals surface area contributed by atoms with Gasteiger partial charge >= 0.3 is 6.03 Å². The minimum Gasteiger partial charge on any atom is -0.493 e. The lowest BCUT2D eigenvalue weighted by Crippen LogP contribution is -2.35. The molecule has 1 aliphatic carbocycles. The van der Waals surface area contributed by atoms with Crippen molar-refractivity contribution in [3.63, 3.8) is 0 Å². The molecule has 2 aromatic rings. The normalized spacial score (nSPS) is 14.5. The summed E-state index contributed by atoms with van der Waals surface area (Å²) in [6, 6.07) is 8.15. The second-order valence-electron chi connectivity index (χ2n) is 6.28. The third kappa shape index (κ3) is 3.71. The van der Waals surface area contributed by atoms with Crippen molar-refractivity contribution in [2.45, 2.75) is 18.3 Å². The Kier molecular flexibility index (Phi) is 4.97. The molecule has 0 saturated heterocycles. The highest BCUT2D eigenvalue weighted by Crippen LogP contribution is 2.49. The molecule has 3 rings (SSSR count). The van der Waals surface area contributed by atoms with Gasteiger partial charge in [-0.3, -0.25) is 0 Å². The minimum absolute atomic E-state index is 0.0696. The molecule has 2 aromatic carbocycles. The van der Waals surface area contributed by atoms with Crippen molar-refractivity contribution >= 4 is 11.7 Å². The molecule has 5 nitrogen and oxygen atoms in total. The number of halogens is 2. The number of carbonyl (C=O) groups is 1. The summed E-state index contributed by atoms with van der Waals surface area (Å²) in [5.41, 5.74) is 0.807. The van der Waals surface area contributed by atoms with E-state index in [-0.39, 0.29) is 11.1 Å². The zero-order valence-electron chi connectivity index (χ0n) is 14.6. The van der Waals surface area contributed by atoms with E-state index in [1.807, 2.05) is 18.2 Å². The maximum absolute atomic E-state index is 13.6. The Balaban J connectivity index is 1.64. The van der Waals surface area contributed by atoms with Crippen molar-refractivity contribution in [1.82, 2.24) is 5.32 Å². The summed E-state index contributed by atoms with van der Waals surface area (Å²) < 4.78 is 37.1. The predicted molar refractivity (Wildman–Crippen MR) is 93.8 cm³/mol. The number of hydrogen-bond acceptors (Lipinski definition) is 3. The third-order valence-electron chi connectivity index (χ3n) is 4.62. The fourth-order valence-electron chi connectivity index (χ4n) is 2.89. The molecule has 0 aromatic heterocycles. The highest BCUT2D eigenvalue weighted by atomic mass is 19.1. The quantitative estimate of drug-likeness (QED) is 0.821. The van der Waals surface area contributed by atoms with Gasteiger partial charge in [0.2, 0.25) is 0 Å².